The zero-order valence-corrected chi connectivity index (χ0v) is 7.59. The summed E-state index contributed by atoms with van der Waals surface area (Å²) in [5, 5.41) is 7.24. The molecule has 0 saturated heterocycles. The minimum atomic E-state index is 0.317. The van der Waals surface area contributed by atoms with E-state index in [1.807, 2.05) is 0 Å². The number of nitrogens with two attached hydrogens (primary N) is 1. The number of amidine groups is 1. The molecule has 0 radical (unpaired) electrons. The molecule has 13 heavy (non-hydrogen) atoms. The first-order valence-electron chi connectivity index (χ1n) is 4.65. The molecule has 0 unspecified atom stereocenters. The molecule has 2 rings (SSSR count). The summed E-state index contributed by atoms with van der Waals surface area (Å²) in [6.07, 6.45) is 2.93. The zero-order chi connectivity index (χ0) is 9.26. The lowest BCUT2D eigenvalue weighted by molar-refractivity contribution is 0.584. The first-order chi connectivity index (χ1) is 6.25. The fraction of sp³-hybridized carbons (Fsp3) is 0.364. The van der Waals surface area contributed by atoms with Crippen LogP contribution in [-0.2, 0) is 12.8 Å². The number of rotatable bonds is 2. The van der Waals surface area contributed by atoms with Crippen LogP contribution in [-0.4, -0.2) is 5.84 Å². The van der Waals surface area contributed by atoms with Crippen LogP contribution in [0.4, 0.5) is 0 Å². The highest BCUT2D eigenvalue weighted by Crippen LogP contribution is 2.28. The average molecular weight is 174 g/mol. The molecule has 2 nitrogen and oxygen atoms in total. The molecule has 2 heteroatoms. The molecule has 1 aromatic rings. The Labute approximate surface area is 78.3 Å². The van der Waals surface area contributed by atoms with Gasteiger partial charge < -0.3 is 5.73 Å². The van der Waals surface area contributed by atoms with Gasteiger partial charge in [-0.1, -0.05) is 24.3 Å². The van der Waals surface area contributed by atoms with Crippen LogP contribution in [0.3, 0.4) is 0 Å². The van der Waals surface area contributed by atoms with Crippen molar-refractivity contribution in [1.29, 1.82) is 5.41 Å². The molecule has 0 heterocycles. The Morgan fingerprint density at radius 2 is 1.85 bits per heavy atom. The van der Waals surface area contributed by atoms with Crippen LogP contribution < -0.4 is 5.73 Å². The first-order valence-corrected chi connectivity index (χ1v) is 4.65. The SMILES string of the molecule is N=C(N)CC1Cc2ccccc2C1. The van der Waals surface area contributed by atoms with Crippen LogP contribution in [0.5, 0.6) is 0 Å². The van der Waals surface area contributed by atoms with Gasteiger partial charge in [-0.2, -0.15) is 0 Å². The van der Waals surface area contributed by atoms with Gasteiger partial charge in [0.05, 0.1) is 5.84 Å². The molecule has 0 aromatic heterocycles. The Kier molecular flexibility index (Phi) is 2.05. The van der Waals surface area contributed by atoms with E-state index in [0.29, 0.717) is 11.8 Å². The van der Waals surface area contributed by atoms with E-state index in [-0.39, 0.29) is 0 Å². The van der Waals surface area contributed by atoms with E-state index in [4.69, 9.17) is 11.1 Å². The van der Waals surface area contributed by atoms with E-state index >= 15 is 0 Å². The van der Waals surface area contributed by atoms with E-state index in [1.54, 1.807) is 0 Å². The Morgan fingerprint density at radius 1 is 1.31 bits per heavy atom. The molecule has 3 N–H and O–H groups in total. The third-order valence-electron chi connectivity index (χ3n) is 2.64. The van der Waals surface area contributed by atoms with Gasteiger partial charge in [-0.25, -0.2) is 0 Å². The maximum Gasteiger partial charge on any atom is 0.0908 e. The van der Waals surface area contributed by atoms with Crippen molar-refractivity contribution in [2.24, 2.45) is 11.7 Å². The minimum Gasteiger partial charge on any atom is -0.388 e. The highest BCUT2D eigenvalue weighted by atomic mass is 14.7. The molecule has 68 valence electrons. The van der Waals surface area contributed by atoms with Gasteiger partial charge in [-0.05, 0) is 29.9 Å². The second-order valence-electron chi connectivity index (χ2n) is 3.77. The maximum absolute atomic E-state index is 7.24. The lowest BCUT2D eigenvalue weighted by atomic mass is 10.0. The fourth-order valence-corrected chi connectivity index (χ4v) is 2.11. The number of fused-ring (bicyclic) bond motifs is 1. The number of nitrogens with one attached hydrogen (secondary N) is 1. The third-order valence-corrected chi connectivity index (χ3v) is 2.64. The van der Waals surface area contributed by atoms with Crippen molar-refractivity contribution in [3.8, 4) is 0 Å². The highest BCUT2D eigenvalue weighted by molar-refractivity contribution is 5.77. The summed E-state index contributed by atoms with van der Waals surface area (Å²) >= 11 is 0. The van der Waals surface area contributed by atoms with Crippen LogP contribution in [0.1, 0.15) is 17.5 Å². The molecule has 0 bridgehead atoms. The largest absolute Gasteiger partial charge is 0.388 e. The lowest BCUT2D eigenvalue weighted by Gasteiger charge is -2.05. The van der Waals surface area contributed by atoms with Gasteiger partial charge in [0, 0.05) is 6.42 Å². The molecule has 0 aliphatic heterocycles. The van der Waals surface area contributed by atoms with Crippen LogP contribution in [0.2, 0.25) is 0 Å². The Hall–Kier alpha value is -1.31. The fourth-order valence-electron chi connectivity index (χ4n) is 2.11. The van der Waals surface area contributed by atoms with Gasteiger partial charge in [0.2, 0.25) is 0 Å². The van der Waals surface area contributed by atoms with Gasteiger partial charge in [0.1, 0.15) is 0 Å². The summed E-state index contributed by atoms with van der Waals surface area (Å²) in [5.41, 5.74) is 8.27. The van der Waals surface area contributed by atoms with Gasteiger partial charge in [0.25, 0.3) is 0 Å². The minimum absolute atomic E-state index is 0.317. The predicted molar refractivity (Wildman–Crippen MR) is 53.9 cm³/mol. The second kappa shape index (κ2) is 3.21. The smallest absolute Gasteiger partial charge is 0.0908 e. The summed E-state index contributed by atoms with van der Waals surface area (Å²) in [6.45, 7) is 0. The summed E-state index contributed by atoms with van der Waals surface area (Å²) in [4.78, 5) is 0. The molecule has 0 amide bonds. The summed E-state index contributed by atoms with van der Waals surface area (Å²) < 4.78 is 0. The normalized spacial score (nSPS) is 15.7. The molecule has 0 atom stereocenters. The molecule has 1 aliphatic rings. The van der Waals surface area contributed by atoms with E-state index in [9.17, 15) is 0 Å². The van der Waals surface area contributed by atoms with Crippen LogP contribution in [0, 0.1) is 11.3 Å². The first kappa shape index (κ1) is 8.30. The zero-order valence-electron chi connectivity index (χ0n) is 7.59. The number of hydrogen-bond donors (Lipinski definition) is 2. The van der Waals surface area contributed by atoms with Gasteiger partial charge >= 0.3 is 0 Å². The Bertz CT molecular complexity index is 306. The monoisotopic (exact) mass is 174 g/mol. The van der Waals surface area contributed by atoms with Crippen molar-refractivity contribution >= 4 is 5.84 Å². The van der Waals surface area contributed by atoms with E-state index in [1.165, 1.54) is 11.1 Å². The molecule has 0 saturated carbocycles. The van der Waals surface area contributed by atoms with Crippen LogP contribution in [0.15, 0.2) is 24.3 Å². The Balaban J connectivity index is 2.09. The summed E-state index contributed by atoms with van der Waals surface area (Å²) in [6, 6.07) is 8.51. The molecule has 0 spiro atoms. The van der Waals surface area contributed by atoms with Crippen molar-refractivity contribution in [2.75, 3.05) is 0 Å². The van der Waals surface area contributed by atoms with Gasteiger partial charge in [0.15, 0.2) is 0 Å². The Morgan fingerprint density at radius 3 is 2.31 bits per heavy atom. The summed E-state index contributed by atoms with van der Waals surface area (Å²) in [7, 11) is 0. The lowest BCUT2D eigenvalue weighted by Crippen LogP contribution is -2.15. The quantitative estimate of drug-likeness (QED) is 0.520. The van der Waals surface area contributed by atoms with Crippen molar-refractivity contribution in [2.45, 2.75) is 19.3 Å². The topological polar surface area (TPSA) is 49.9 Å². The van der Waals surface area contributed by atoms with Crippen molar-refractivity contribution in [1.82, 2.24) is 0 Å². The van der Waals surface area contributed by atoms with Gasteiger partial charge in [-0.15, -0.1) is 0 Å². The van der Waals surface area contributed by atoms with Gasteiger partial charge in [-0.3, -0.25) is 5.41 Å². The predicted octanol–water partition coefficient (Wildman–Crippen LogP) is 1.73. The molecular formula is C11H14N2. The van der Waals surface area contributed by atoms with Crippen LogP contribution in [0.25, 0.3) is 0 Å². The van der Waals surface area contributed by atoms with E-state index < -0.39 is 0 Å². The standard InChI is InChI=1S/C11H14N2/c12-11(13)7-8-5-9-3-1-2-4-10(9)6-8/h1-4,8H,5-7H2,(H3,12,13). The summed E-state index contributed by atoms with van der Waals surface area (Å²) in [5.74, 6) is 0.882. The number of hydrogen-bond acceptors (Lipinski definition) is 1. The number of benzene rings is 1. The molecule has 0 fully saturated rings. The molecule has 1 aromatic carbocycles. The van der Waals surface area contributed by atoms with Crippen molar-refractivity contribution in [3.05, 3.63) is 35.4 Å². The average Bonchev–Trinajstić information content (AvgIpc) is 2.44. The second-order valence-corrected chi connectivity index (χ2v) is 3.77. The van der Waals surface area contributed by atoms with E-state index in [0.717, 1.165) is 19.3 Å². The molecular weight excluding hydrogens is 160 g/mol. The highest BCUT2D eigenvalue weighted by Gasteiger charge is 2.20. The third kappa shape index (κ3) is 1.72. The molecule has 1 aliphatic carbocycles. The van der Waals surface area contributed by atoms with Crippen molar-refractivity contribution < 1.29 is 0 Å². The van der Waals surface area contributed by atoms with Crippen LogP contribution >= 0.6 is 0 Å². The maximum atomic E-state index is 7.24. The van der Waals surface area contributed by atoms with E-state index in [2.05, 4.69) is 24.3 Å². The van der Waals surface area contributed by atoms with Crippen molar-refractivity contribution in [3.63, 3.8) is 0 Å².